The van der Waals surface area contributed by atoms with Crippen LogP contribution in [-0.4, -0.2) is 15.2 Å². The van der Waals surface area contributed by atoms with Gasteiger partial charge in [0, 0.05) is 6.20 Å². The largest absolute Gasteiger partial charge is 0.488 e. The topological polar surface area (TPSA) is 62.8 Å². The molecule has 118 valence electrons. The zero-order valence-corrected chi connectivity index (χ0v) is 12.9. The standard InChI is InChI=1S/C19H16N4O/c1-2-6-14(7-3-1)13-24-17-10-4-9-16-18(17)19(23-22-16)21-15-8-5-11-20-12-15/h1-12H,13H2,(H2,21,22,23). The summed E-state index contributed by atoms with van der Waals surface area (Å²) < 4.78 is 6.03. The highest BCUT2D eigenvalue weighted by molar-refractivity contribution is 5.96. The summed E-state index contributed by atoms with van der Waals surface area (Å²) in [6.07, 6.45) is 3.50. The van der Waals surface area contributed by atoms with E-state index < -0.39 is 0 Å². The van der Waals surface area contributed by atoms with Crippen LogP contribution in [-0.2, 0) is 6.61 Å². The number of aromatic amines is 1. The number of nitrogens with zero attached hydrogens (tertiary/aromatic N) is 2. The number of hydrogen-bond acceptors (Lipinski definition) is 4. The maximum Gasteiger partial charge on any atom is 0.163 e. The van der Waals surface area contributed by atoms with Crippen molar-refractivity contribution < 1.29 is 4.74 Å². The molecule has 0 spiro atoms. The average Bonchev–Trinajstić information content (AvgIpc) is 3.05. The van der Waals surface area contributed by atoms with Gasteiger partial charge in [0.25, 0.3) is 0 Å². The molecule has 4 rings (SSSR count). The summed E-state index contributed by atoms with van der Waals surface area (Å²) in [7, 11) is 0. The van der Waals surface area contributed by atoms with Crippen molar-refractivity contribution in [3.63, 3.8) is 0 Å². The first kappa shape index (κ1) is 14.3. The first-order chi connectivity index (χ1) is 11.9. The number of pyridine rings is 1. The van der Waals surface area contributed by atoms with Gasteiger partial charge in [-0.05, 0) is 29.8 Å². The Balaban J connectivity index is 1.64. The fraction of sp³-hybridized carbons (Fsp3) is 0.0526. The lowest BCUT2D eigenvalue weighted by molar-refractivity contribution is 0.310. The van der Waals surface area contributed by atoms with Crippen LogP contribution < -0.4 is 10.1 Å². The number of H-pyrrole nitrogens is 1. The lowest BCUT2D eigenvalue weighted by Gasteiger charge is -2.09. The van der Waals surface area contributed by atoms with Crippen molar-refractivity contribution in [3.8, 4) is 5.75 Å². The Morgan fingerprint density at radius 2 is 1.88 bits per heavy atom. The molecule has 0 fully saturated rings. The first-order valence-corrected chi connectivity index (χ1v) is 7.71. The lowest BCUT2D eigenvalue weighted by Crippen LogP contribution is -1.97. The number of fused-ring (bicyclic) bond motifs is 1. The third-order valence-corrected chi connectivity index (χ3v) is 3.71. The van der Waals surface area contributed by atoms with Gasteiger partial charge in [-0.15, -0.1) is 0 Å². The van der Waals surface area contributed by atoms with Crippen LogP contribution in [0.2, 0.25) is 0 Å². The van der Waals surface area contributed by atoms with E-state index in [-0.39, 0.29) is 0 Å². The van der Waals surface area contributed by atoms with Gasteiger partial charge in [0.05, 0.1) is 22.8 Å². The van der Waals surface area contributed by atoms with Crippen molar-refractivity contribution in [2.24, 2.45) is 0 Å². The van der Waals surface area contributed by atoms with E-state index in [1.165, 1.54) is 0 Å². The molecular weight excluding hydrogens is 300 g/mol. The predicted octanol–water partition coefficient (Wildman–Crippen LogP) is 4.28. The summed E-state index contributed by atoms with van der Waals surface area (Å²) in [4.78, 5) is 4.11. The quantitative estimate of drug-likeness (QED) is 0.577. The van der Waals surface area contributed by atoms with E-state index in [0.717, 1.165) is 33.7 Å². The van der Waals surface area contributed by atoms with Gasteiger partial charge in [-0.1, -0.05) is 36.4 Å². The van der Waals surface area contributed by atoms with E-state index in [1.54, 1.807) is 12.4 Å². The third kappa shape index (κ3) is 2.92. The number of anilines is 2. The molecule has 2 N–H and O–H groups in total. The minimum Gasteiger partial charge on any atom is -0.488 e. The van der Waals surface area contributed by atoms with Crippen molar-refractivity contribution in [1.29, 1.82) is 0 Å². The molecule has 2 aromatic heterocycles. The van der Waals surface area contributed by atoms with Crippen molar-refractivity contribution in [1.82, 2.24) is 15.2 Å². The van der Waals surface area contributed by atoms with Gasteiger partial charge in [0.2, 0.25) is 0 Å². The van der Waals surface area contributed by atoms with Crippen molar-refractivity contribution in [2.75, 3.05) is 5.32 Å². The molecule has 0 bridgehead atoms. The Kier molecular flexibility index (Phi) is 3.81. The van der Waals surface area contributed by atoms with E-state index in [2.05, 4.69) is 20.5 Å². The Morgan fingerprint density at radius 1 is 0.958 bits per heavy atom. The number of aromatic nitrogens is 3. The summed E-state index contributed by atoms with van der Waals surface area (Å²) in [6, 6.07) is 19.8. The number of benzene rings is 2. The molecule has 2 aromatic carbocycles. The lowest BCUT2D eigenvalue weighted by atomic mass is 10.2. The smallest absolute Gasteiger partial charge is 0.163 e. The Labute approximate surface area is 139 Å². The average molecular weight is 316 g/mol. The molecule has 0 aliphatic rings. The highest BCUT2D eigenvalue weighted by atomic mass is 16.5. The van der Waals surface area contributed by atoms with E-state index in [1.807, 2.05) is 60.7 Å². The van der Waals surface area contributed by atoms with Gasteiger partial charge >= 0.3 is 0 Å². The second-order valence-electron chi connectivity index (χ2n) is 5.39. The second kappa shape index (κ2) is 6.42. The fourth-order valence-electron chi connectivity index (χ4n) is 2.56. The van der Waals surface area contributed by atoms with Crippen LogP contribution in [0.15, 0.2) is 73.1 Å². The highest BCUT2D eigenvalue weighted by Gasteiger charge is 2.12. The maximum atomic E-state index is 6.03. The molecule has 0 aliphatic heterocycles. The zero-order valence-electron chi connectivity index (χ0n) is 12.9. The Morgan fingerprint density at radius 3 is 2.71 bits per heavy atom. The van der Waals surface area contributed by atoms with Crippen LogP contribution in [0.1, 0.15) is 5.56 Å². The number of rotatable bonds is 5. The van der Waals surface area contributed by atoms with Crippen LogP contribution in [0, 0.1) is 0 Å². The van der Waals surface area contributed by atoms with E-state index in [9.17, 15) is 0 Å². The zero-order chi connectivity index (χ0) is 16.2. The molecular formula is C19H16N4O. The number of ether oxygens (including phenoxy) is 1. The molecule has 5 heteroatoms. The molecule has 0 amide bonds. The normalized spacial score (nSPS) is 10.7. The SMILES string of the molecule is c1ccc(COc2cccc3[nH]nc(Nc4cccnc4)c23)cc1. The Hall–Kier alpha value is -3.34. The van der Waals surface area contributed by atoms with Crippen LogP contribution in [0.5, 0.6) is 5.75 Å². The van der Waals surface area contributed by atoms with Crippen molar-refractivity contribution in [3.05, 3.63) is 78.6 Å². The molecule has 0 atom stereocenters. The van der Waals surface area contributed by atoms with Crippen LogP contribution in [0.4, 0.5) is 11.5 Å². The van der Waals surface area contributed by atoms with Gasteiger partial charge in [-0.2, -0.15) is 5.10 Å². The van der Waals surface area contributed by atoms with Crippen LogP contribution in [0.3, 0.4) is 0 Å². The van der Waals surface area contributed by atoms with Crippen LogP contribution >= 0.6 is 0 Å². The highest BCUT2D eigenvalue weighted by Crippen LogP contribution is 2.32. The molecule has 2 heterocycles. The van der Waals surface area contributed by atoms with Gasteiger partial charge in [0.15, 0.2) is 5.82 Å². The third-order valence-electron chi connectivity index (χ3n) is 3.71. The number of hydrogen-bond donors (Lipinski definition) is 2. The van der Waals surface area contributed by atoms with E-state index in [4.69, 9.17) is 4.74 Å². The summed E-state index contributed by atoms with van der Waals surface area (Å²) in [5.41, 5.74) is 2.93. The fourth-order valence-corrected chi connectivity index (χ4v) is 2.56. The monoisotopic (exact) mass is 316 g/mol. The molecule has 0 unspecified atom stereocenters. The van der Waals surface area contributed by atoms with Gasteiger partial charge in [0.1, 0.15) is 12.4 Å². The molecule has 0 saturated heterocycles. The van der Waals surface area contributed by atoms with E-state index >= 15 is 0 Å². The Bertz CT molecular complexity index is 935. The van der Waals surface area contributed by atoms with Gasteiger partial charge in [-0.3, -0.25) is 10.1 Å². The van der Waals surface area contributed by atoms with Crippen molar-refractivity contribution in [2.45, 2.75) is 6.61 Å². The number of nitrogens with one attached hydrogen (secondary N) is 2. The minimum absolute atomic E-state index is 0.511. The molecule has 5 nitrogen and oxygen atoms in total. The summed E-state index contributed by atoms with van der Waals surface area (Å²) in [6.45, 7) is 0.511. The van der Waals surface area contributed by atoms with Gasteiger partial charge in [-0.25, -0.2) is 0 Å². The molecule has 24 heavy (non-hydrogen) atoms. The minimum atomic E-state index is 0.511. The van der Waals surface area contributed by atoms with Gasteiger partial charge < -0.3 is 10.1 Å². The van der Waals surface area contributed by atoms with Crippen molar-refractivity contribution >= 4 is 22.4 Å². The molecule has 0 aliphatic carbocycles. The molecule has 4 aromatic rings. The predicted molar refractivity (Wildman–Crippen MR) is 94.4 cm³/mol. The summed E-state index contributed by atoms with van der Waals surface area (Å²) in [5, 5.41) is 11.6. The summed E-state index contributed by atoms with van der Waals surface area (Å²) in [5.74, 6) is 1.51. The molecule has 0 saturated carbocycles. The first-order valence-electron chi connectivity index (χ1n) is 7.71. The van der Waals surface area contributed by atoms with Crippen LogP contribution in [0.25, 0.3) is 10.9 Å². The maximum absolute atomic E-state index is 6.03. The molecule has 0 radical (unpaired) electrons. The second-order valence-corrected chi connectivity index (χ2v) is 5.39. The van der Waals surface area contributed by atoms with E-state index in [0.29, 0.717) is 6.61 Å². The summed E-state index contributed by atoms with van der Waals surface area (Å²) >= 11 is 0.